The molecular weight excluding hydrogens is 172 g/mol. The van der Waals surface area contributed by atoms with Gasteiger partial charge in [-0.1, -0.05) is 26.7 Å². The van der Waals surface area contributed by atoms with Gasteiger partial charge in [-0.05, 0) is 45.3 Å². The van der Waals surface area contributed by atoms with Gasteiger partial charge < -0.3 is 10.6 Å². The summed E-state index contributed by atoms with van der Waals surface area (Å²) in [5.74, 6) is 0.796. The van der Waals surface area contributed by atoms with Crippen molar-refractivity contribution in [2.45, 2.75) is 46.0 Å². The molecule has 0 rings (SSSR count). The Morgan fingerprint density at radius 1 is 1.21 bits per heavy atom. The molecule has 1 atom stereocenters. The number of nitrogens with zero attached hydrogens (tertiary/aromatic N) is 1. The van der Waals surface area contributed by atoms with Crippen molar-refractivity contribution in [3.63, 3.8) is 0 Å². The van der Waals surface area contributed by atoms with Crippen LogP contribution in [0.4, 0.5) is 0 Å². The highest BCUT2D eigenvalue weighted by atomic mass is 15.1. The van der Waals surface area contributed by atoms with Crippen LogP contribution in [0.15, 0.2) is 0 Å². The molecular formula is C12H28N2. The molecule has 0 aromatic rings. The molecule has 0 fully saturated rings. The SMILES string of the molecule is CCCCCN(C)CC(C)CCCN. The molecule has 86 valence electrons. The fourth-order valence-corrected chi connectivity index (χ4v) is 1.81. The average molecular weight is 200 g/mol. The smallest absolute Gasteiger partial charge is 0.000398 e. The van der Waals surface area contributed by atoms with Crippen molar-refractivity contribution in [2.75, 3.05) is 26.7 Å². The van der Waals surface area contributed by atoms with Gasteiger partial charge in [-0.3, -0.25) is 0 Å². The Kier molecular flexibility index (Phi) is 9.42. The van der Waals surface area contributed by atoms with Crippen molar-refractivity contribution >= 4 is 0 Å². The number of hydrogen-bond donors (Lipinski definition) is 1. The van der Waals surface area contributed by atoms with Gasteiger partial charge >= 0.3 is 0 Å². The number of hydrogen-bond acceptors (Lipinski definition) is 2. The first-order valence-corrected chi connectivity index (χ1v) is 6.09. The largest absolute Gasteiger partial charge is 0.330 e. The van der Waals surface area contributed by atoms with Crippen molar-refractivity contribution in [1.82, 2.24) is 4.90 Å². The Morgan fingerprint density at radius 2 is 1.93 bits per heavy atom. The second-order valence-electron chi connectivity index (χ2n) is 4.51. The second kappa shape index (κ2) is 9.47. The molecule has 0 bridgehead atoms. The van der Waals surface area contributed by atoms with E-state index in [1.807, 2.05) is 0 Å². The molecule has 0 saturated heterocycles. The monoisotopic (exact) mass is 200 g/mol. The number of unbranched alkanes of at least 4 members (excludes halogenated alkanes) is 2. The van der Waals surface area contributed by atoms with Gasteiger partial charge in [0.15, 0.2) is 0 Å². The van der Waals surface area contributed by atoms with Crippen molar-refractivity contribution in [1.29, 1.82) is 0 Å². The summed E-state index contributed by atoms with van der Waals surface area (Å²) in [6.07, 6.45) is 6.47. The van der Waals surface area contributed by atoms with E-state index in [1.165, 1.54) is 45.2 Å². The van der Waals surface area contributed by atoms with Crippen LogP contribution in [0.5, 0.6) is 0 Å². The fraction of sp³-hybridized carbons (Fsp3) is 1.00. The second-order valence-corrected chi connectivity index (χ2v) is 4.51. The molecule has 0 aromatic heterocycles. The molecule has 0 radical (unpaired) electrons. The predicted molar refractivity (Wildman–Crippen MR) is 64.5 cm³/mol. The Hall–Kier alpha value is -0.0800. The molecule has 0 spiro atoms. The Balaban J connectivity index is 3.35. The van der Waals surface area contributed by atoms with Crippen molar-refractivity contribution in [2.24, 2.45) is 11.7 Å². The molecule has 14 heavy (non-hydrogen) atoms. The lowest BCUT2D eigenvalue weighted by Crippen LogP contribution is -2.25. The molecule has 0 amide bonds. The third-order valence-corrected chi connectivity index (χ3v) is 2.67. The van der Waals surface area contributed by atoms with E-state index < -0.39 is 0 Å². The Labute approximate surface area is 89.9 Å². The number of rotatable bonds is 9. The zero-order valence-corrected chi connectivity index (χ0v) is 10.3. The molecule has 0 aliphatic rings. The Bertz CT molecular complexity index is 115. The van der Waals surface area contributed by atoms with Crippen molar-refractivity contribution < 1.29 is 0 Å². The molecule has 0 aliphatic heterocycles. The maximum Gasteiger partial charge on any atom is 0.000398 e. The first-order valence-electron chi connectivity index (χ1n) is 6.09. The average Bonchev–Trinajstić information content (AvgIpc) is 2.15. The first-order chi connectivity index (χ1) is 6.70. The highest BCUT2D eigenvalue weighted by Gasteiger charge is 2.05. The van der Waals surface area contributed by atoms with Gasteiger partial charge in [0.1, 0.15) is 0 Å². The maximum absolute atomic E-state index is 5.49. The minimum atomic E-state index is 0.796. The quantitative estimate of drug-likeness (QED) is 0.579. The highest BCUT2D eigenvalue weighted by Crippen LogP contribution is 2.07. The topological polar surface area (TPSA) is 29.3 Å². The summed E-state index contributed by atoms with van der Waals surface area (Å²) in [5.41, 5.74) is 5.49. The van der Waals surface area contributed by atoms with E-state index in [0.717, 1.165) is 12.5 Å². The molecule has 2 heteroatoms. The summed E-state index contributed by atoms with van der Waals surface area (Å²) in [6, 6.07) is 0. The van der Waals surface area contributed by atoms with Crippen LogP contribution in [0.1, 0.15) is 46.0 Å². The van der Waals surface area contributed by atoms with Crippen molar-refractivity contribution in [3.8, 4) is 0 Å². The summed E-state index contributed by atoms with van der Waals surface area (Å²) in [4.78, 5) is 2.46. The number of nitrogens with two attached hydrogens (primary N) is 1. The third-order valence-electron chi connectivity index (χ3n) is 2.67. The molecule has 2 nitrogen and oxygen atoms in total. The van der Waals surface area contributed by atoms with E-state index in [1.54, 1.807) is 0 Å². The van der Waals surface area contributed by atoms with Gasteiger partial charge in [0.25, 0.3) is 0 Å². The standard InChI is InChI=1S/C12H28N2/c1-4-5-6-10-14(3)11-12(2)8-7-9-13/h12H,4-11,13H2,1-3H3. The van der Waals surface area contributed by atoms with Crippen LogP contribution in [0, 0.1) is 5.92 Å². The van der Waals surface area contributed by atoms with E-state index in [-0.39, 0.29) is 0 Å². The summed E-state index contributed by atoms with van der Waals surface area (Å²) in [7, 11) is 2.23. The molecule has 0 aliphatic carbocycles. The van der Waals surface area contributed by atoms with E-state index in [2.05, 4.69) is 25.8 Å². The van der Waals surface area contributed by atoms with Crippen LogP contribution in [0.25, 0.3) is 0 Å². The lowest BCUT2D eigenvalue weighted by Gasteiger charge is -2.20. The maximum atomic E-state index is 5.49. The van der Waals surface area contributed by atoms with Crippen LogP contribution in [-0.2, 0) is 0 Å². The fourth-order valence-electron chi connectivity index (χ4n) is 1.81. The molecule has 0 aromatic carbocycles. The van der Waals surface area contributed by atoms with Crippen LogP contribution in [-0.4, -0.2) is 31.6 Å². The van der Waals surface area contributed by atoms with Crippen LogP contribution in [0.2, 0.25) is 0 Å². The van der Waals surface area contributed by atoms with Crippen LogP contribution in [0.3, 0.4) is 0 Å². The van der Waals surface area contributed by atoms with Gasteiger partial charge in [-0.15, -0.1) is 0 Å². The zero-order valence-electron chi connectivity index (χ0n) is 10.3. The molecule has 1 unspecified atom stereocenters. The van der Waals surface area contributed by atoms with E-state index in [4.69, 9.17) is 5.73 Å². The third kappa shape index (κ3) is 8.52. The lowest BCUT2D eigenvalue weighted by atomic mass is 10.1. The van der Waals surface area contributed by atoms with Gasteiger partial charge in [-0.2, -0.15) is 0 Å². The molecule has 0 saturated carbocycles. The van der Waals surface area contributed by atoms with E-state index >= 15 is 0 Å². The lowest BCUT2D eigenvalue weighted by molar-refractivity contribution is 0.271. The van der Waals surface area contributed by atoms with Gasteiger partial charge in [0.05, 0.1) is 0 Å². The summed E-state index contributed by atoms with van der Waals surface area (Å²) < 4.78 is 0. The molecule has 0 heterocycles. The summed E-state index contributed by atoms with van der Waals surface area (Å²) in [6.45, 7) is 7.89. The van der Waals surface area contributed by atoms with Gasteiger partial charge in [-0.25, -0.2) is 0 Å². The Morgan fingerprint density at radius 3 is 2.50 bits per heavy atom. The van der Waals surface area contributed by atoms with Crippen LogP contribution >= 0.6 is 0 Å². The highest BCUT2D eigenvalue weighted by molar-refractivity contribution is 4.59. The van der Waals surface area contributed by atoms with E-state index in [0.29, 0.717) is 0 Å². The minimum absolute atomic E-state index is 0.796. The van der Waals surface area contributed by atoms with Crippen molar-refractivity contribution in [3.05, 3.63) is 0 Å². The summed E-state index contributed by atoms with van der Waals surface area (Å²) in [5, 5.41) is 0. The van der Waals surface area contributed by atoms with Gasteiger partial charge in [0, 0.05) is 6.54 Å². The zero-order chi connectivity index (χ0) is 10.8. The van der Waals surface area contributed by atoms with E-state index in [9.17, 15) is 0 Å². The molecule has 2 N–H and O–H groups in total. The van der Waals surface area contributed by atoms with Crippen LogP contribution < -0.4 is 5.73 Å². The summed E-state index contributed by atoms with van der Waals surface area (Å²) >= 11 is 0. The van der Waals surface area contributed by atoms with Gasteiger partial charge in [0.2, 0.25) is 0 Å². The predicted octanol–water partition coefficient (Wildman–Crippen LogP) is 2.48. The minimum Gasteiger partial charge on any atom is -0.330 e. The normalized spacial score (nSPS) is 13.5. The first kappa shape index (κ1) is 13.9.